The summed E-state index contributed by atoms with van der Waals surface area (Å²) in [5.41, 5.74) is 0.189. The van der Waals surface area contributed by atoms with Crippen LogP contribution in [0.3, 0.4) is 0 Å². The number of piperidine rings is 2. The highest BCUT2D eigenvalue weighted by molar-refractivity contribution is 5.80. The Morgan fingerprint density at radius 1 is 1.24 bits per heavy atom. The van der Waals surface area contributed by atoms with Crippen LogP contribution in [0.15, 0.2) is 0 Å². The molecule has 0 amide bonds. The van der Waals surface area contributed by atoms with Crippen molar-refractivity contribution in [2.75, 3.05) is 20.6 Å². The molecular formula is C14H26N2O. The zero-order valence-corrected chi connectivity index (χ0v) is 11.7. The lowest BCUT2D eigenvalue weighted by atomic mass is 9.82. The molecule has 0 aliphatic carbocycles. The quantitative estimate of drug-likeness (QED) is 0.750. The summed E-state index contributed by atoms with van der Waals surface area (Å²) in [6.45, 7) is 5.67. The first-order valence-corrected chi connectivity index (χ1v) is 6.85. The van der Waals surface area contributed by atoms with Crippen LogP contribution in [0, 0.1) is 0 Å². The fraction of sp³-hybridized carbons (Fsp3) is 0.929. The third-order valence-electron chi connectivity index (χ3n) is 4.72. The molecule has 3 heteroatoms. The molecule has 0 N–H and O–H groups in total. The van der Waals surface area contributed by atoms with Crippen molar-refractivity contribution in [1.82, 2.24) is 9.80 Å². The smallest absolute Gasteiger partial charge is 0.136 e. The molecule has 0 aromatic carbocycles. The van der Waals surface area contributed by atoms with Gasteiger partial charge in [-0.3, -0.25) is 9.69 Å². The van der Waals surface area contributed by atoms with Crippen LogP contribution >= 0.6 is 0 Å². The molecule has 0 saturated carbocycles. The molecule has 2 aliphatic rings. The van der Waals surface area contributed by atoms with Gasteiger partial charge in [0.05, 0.1) is 0 Å². The first-order valence-electron chi connectivity index (χ1n) is 6.85. The van der Waals surface area contributed by atoms with E-state index < -0.39 is 0 Å². The first-order chi connectivity index (χ1) is 7.90. The van der Waals surface area contributed by atoms with Gasteiger partial charge in [0.25, 0.3) is 0 Å². The van der Waals surface area contributed by atoms with Crippen molar-refractivity contribution in [2.24, 2.45) is 0 Å². The van der Waals surface area contributed by atoms with Gasteiger partial charge >= 0.3 is 0 Å². The number of fused-ring (bicyclic) bond motifs is 2. The van der Waals surface area contributed by atoms with Crippen LogP contribution in [0.2, 0.25) is 0 Å². The fourth-order valence-electron chi connectivity index (χ4n) is 3.11. The average Bonchev–Trinajstić information content (AvgIpc) is 2.18. The van der Waals surface area contributed by atoms with Crippen molar-refractivity contribution in [3.63, 3.8) is 0 Å². The highest BCUT2D eigenvalue weighted by atomic mass is 16.1. The molecule has 2 bridgehead atoms. The van der Waals surface area contributed by atoms with Gasteiger partial charge in [-0.1, -0.05) is 6.42 Å². The van der Waals surface area contributed by atoms with E-state index >= 15 is 0 Å². The van der Waals surface area contributed by atoms with E-state index in [0.717, 1.165) is 19.4 Å². The summed E-state index contributed by atoms with van der Waals surface area (Å²) in [4.78, 5) is 16.6. The number of hydrogen-bond acceptors (Lipinski definition) is 3. The number of Topliss-reactive ketones (excluding diaryl/α,β-unsaturated/α-hetero) is 1. The highest BCUT2D eigenvalue weighted by Gasteiger charge is 2.40. The largest absolute Gasteiger partial charge is 0.303 e. The topological polar surface area (TPSA) is 23.6 Å². The van der Waals surface area contributed by atoms with Gasteiger partial charge in [-0.05, 0) is 40.8 Å². The standard InChI is InChI=1S/C14H26N2O/c1-14(2,15(3)4)10-16-11-6-5-7-12(16)9-13(17)8-11/h11-12H,5-10H2,1-4H3. The van der Waals surface area contributed by atoms with Crippen LogP contribution in [-0.2, 0) is 4.79 Å². The Morgan fingerprint density at radius 2 is 1.76 bits per heavy atom. The van der Waals surface area contributed by atoms with Gasteiger partial charge < -0.3 is 4.90 Å². The molecule has 0 spiro atoms. The Kier molecular flexibility index (Phi) is 3.60. The molecule has 2 heterocycles. The van der Waals surface area contributed by atoms with Gasteiger partial charge in [-0.2, -0.15) is 0 Å². The van der Waals surface area contributed by atoms with Crippen molar-refractivity contribution in [3.05, 3.63) is 0 Å². The summed E-state index contributed by atoms with van der Waals surface area (Å²) in [6.07, 6.45) is 5.32. The Labute approximate surface area is 105 Å². The fourth-order valence-corrected chi connectivity index (χ4v) is 3.11. The lowest BCUT2D eigenvalue weighted by Crippen LogP contribution is -2.59. The van der Waals surface area contributed by atoms with E-state index in [1.807, 2.05) is 0 Å². The van der Waals surface area contributed by atoms with Crippen LogP contribution in [0.1, 0.15) is 46.0 Å². The van der Waals surface area contributed by atoms with E-state index in [0.29, 0.717) is 17.9 Å². The predicted octanol–water partition coefficient (Wildman–Crippen LogP) is 1.91. The van der Waals surface area contributed by atoms with E-state index in [2.05, 4.69) is 37.7 Å². The van der Waals surface area contributed by atoms with Crippen LogP contribution in [0.5, 0.6) is 0 Å². The Balaban J connectivity index is 2.08. The van der Waals surface area contributed by atoms with Crippen molar-refractivity contribution in [1.29, 1.82) is 0 Å². The van der Waals surface area contributed by atoms with Gasteiger partial charge in [-0.25, -0.2) is 0 Å². The summed E-state index contributed by atoms with van der Waals surface area (Å²) in [6, 6.07) is 1.04. The van der Waals surface area contributed by atoms with E-state index in [1.165, 1.54) is 19.3 Å². The van der Waals surface area contributed by atoms with E-state index in [9.17, 15) is 4.79 Å². The van der Waals surface area contributed by atoms with Gasteiger partial charge in [-0.15, -0.1) is 0 Å². The Hall–Kier alpha value is -0.410. The second-order valence-corrected chi connectivity index (χ2v) is 6.56. The minimum atomic E-state index is 0.189. The van der Waals surface area contributed by atoms with E-state index in [4.69, 9.17) is 0 Å². The third-order valence-corrected chi connectivity index (χ3v) is 4.72. The van der Waals surface area contributed by atoms with Crippen LogP contribution < -0.4 is 0 Å². The summed E-state index contributed by atoms with van der Waals surface area (Å²) < 4.78 is 0. The maximum atomic E-state index is 11.7. The molecule has 2 atom stereocenters. The molecule has 2 aliphatic heterocycles. The summed E-state index contributed by atoms with van der Waals surface area (Å²) in [5.74, 6) is 0.485. The third kappa shape index (κ3) is 2.71. The molecule has 0 aromatic heterocycles. The predicted molar refractivity (Wildman–Crippen MR) is 70.1 cm³/mol. The molecule has 0 aromatic rings. The van der Waals surface area contributed by atoms with Gasteiger partial charge in [0.15, 0.2) is 0 Å². The van der Waals surface area contributed by atoms with Crippen molar-refractivity contribution in [2.45, 2.75) is 63.6 Å². The SMILES string of the molecule is CN(C)C(C)(C)CN1C2CCCC1CC(=O)C2. The Morgan fingerprint density at radius 3 is 2.24 bits per heavy atom. The van der Waals surface area contributed by atoms with Crippen LogP contribution in [0.4, 0.5) is 0 Å². The maximum absolute atomic E-state index is 11.7. The highest BCUT2D eigenvalue weighted by Crippen LogP contribution is 2.33. The first kappa shape index (κ1) is 13.0. The molecular weight excluding hydrogens is 212 g/mol. The van der Waals surface area contributed by atoms with Crippen LogP contribution in [-0.4, -0.2) is 53.8 Å². The van der Waals surface area contributed by atoms with E-state index in [1.54, 1.807) is 0 Å². The van der Waals surface area contributed by atoms with Crippen LogP contribution in [0.25, 0.3) is 0 Å². The van der Waals surface area contributed by atoms with Gasteiger partial charge in [0.2, 0.25) is 0 Å². The lowest BCUT2D eigenvalue weighted by Gasteiger charge is -2.49. The number of rotatable bonds is 3. The number of carbonyl (C=O) groups excluding carboxylic acids is 1. The summed E-state index contributed by atoms with van der Waals surface area (Å²) in [7, 11) is 4.29. The zero-order valence-electron chi connectivity index (χ0n) is 11.7. The molecule has 2 unspecified atom stereocenters. The monoisotopic (exact) mass is 238 g/mol. The van der Waals surface area contributed by atoms with Gasteiger partial charge in [0.1, 0.15) is 5.78 Å². The zero-order chi connectivity index (χ0) is 12.6. The molecule has 98 valence electrons. The molecule has 17 heavy (non-hydrogen) atoms. The summed E-state index contributed by atoms with van der Waals surface area (Å²) >= 11 is 0. The molecule has 3 nitrogen and oxygen atoms in total. The normalized spacial score (nSPS) is 31.0. The maximum Gasteiger partial charge on any atom is 0.136 e. The van der Waals surface area contributed by atoms with Crippen molar-refractivity contribution >= 4 is 5.78 Å². The van der Waals surface area contributed by atoms with Gasteiger partial charge in [0, 0.05) is 37.0 Å². The molecule has 2 saturated heterocycles. The number of likely N-dealkylation sites (N-methyl/N-ethyl adjacent to an activating group) is 1. The number of hydrogen-bond donors (Lipinski definition) is 0. The number of nitrogens with zero attached hydrogens (tertiary/aromatic N) is 2. The lowest BCUT2D eigenvalue weighted by molar-refractivity contribution is -0.128. The Bertz CT molecular complexity index is 283. The molecule has 0 radical (unpaired) electrons. The molecule has 2 rings (SSSR count). The average molecular weight is 238 g/mol. The van der Waals surface area contributed by atoms with Crippen molar-refractivity contribution in [3.8, 4) is 0 Å². The van der Waals surface area contributed by atoms with Crippen molar-refractivity contribution < 1.29 is 4.79 Å². The minimum Gasteiger partial charge on any atom is -0.303 e. The number of carbonyl (C=O) groups is 1. The second kappa shape index (κ2) is 4.69. The molecule has 2 fully saturated rings. The second-order valence-electron chi connectivity index (χ2n) is 6.56. The summed E-state index contributed by atoms with van der Waals surface area (Å²) in [5, 5.41) is 0. The minimum absolute atomic E-state index is 0.189. The van der Waals surface area contributed by atoms with E-state index in [-0.39, 0.29) is 5.54 Å². The number of ketones is 1.